The Morgan fingerprint density at radius 1 is 1.27 bits per heavy atom. The fraction of sp³-hybridized carbons (Fsp3) is 0.176. The Kier molecular flexibility index (Phi) is 5.37. The molecule has 1 N–H and O–H groups in total. The van der Waals surface area contributed by atoms with Crippen LogP contribution in [0.25, 0.3) is 11.0 Å². The van der Waals surface area contributed by atoms with Crippen molar-refractivity contribution in [2.75, 3.05) is 12.4 Å². The van der Waals surface area contributed by atoms with Gasteiger partial charge in [0.2, 0.25) is 0 Å². The van der Waals surface area contributed by atoms with Crippen molar-refractivity contribution in [2.45, 2.75) is 11.7 Å². The number of carboxylic acids is 1. The van der Waals surface area contributed by atoms with Crippen molar-refractivity contribution in [3.63, 3.8) is 0 Å². The third kappa shape index (κ3) is 4.12. The number of aliphatic carboxylic acids is 1. The molecule has 3 rings (SSSR count). The molecule has 0 unspecified atom stereocenters. The van der Waals surface area contributed by atoms with Gasteiger partial charge in [0.25, 0.3) is 5.69 Å². The lowest BCUT2D eigenvalue weighted by atomic mass is 10.3. The SMILES string of the molecule is O=C(O)Cn1c(SCCOc2ccccc2)nc2cc([N+](=O)[O-])ccc21. The van der Waals surface area contributed by atoms with Crippen LogP contribution in [0.3, 0.4) is 0 Å². The number of hydrogen-bond acceptors (Lipinski definition) is 6. The number of rotatable bonds is 8. The number of aromatic nitrogens is 2. The number of thioether (sulfide) groups is 1. The number of carbonyl (C=O) groups is 1. The summed E-state index contributed by atoms with van der Waals surface area (Å²) in [5.74, 6) is 0.299. The first-order valence-corrected chi connectivity index (χ1v) is 8.70. The molecule has 0 saturated heterocycles. The van der Waals surface area contributed by atoms with Crippen LogP contribution in [0.5, 0.6) is 5.75 Å². The van der Waals surface area contributed by atoms with E-state index in [9.17, 15) is 14.9 Å². The zero-order chi connectivity index (χ0) is 18.5. The average Bonchev–Trinajstić information content (AvgIpc) is 2.96. The summed E-state index contributed by atoms with van der Waals surface area (Å²) in [6, 6.07) is 13.6. The zero-order valence-corrected chi connectivity index (χ0v) is 14.4. The van der Waals surface area contributed by atoms with Crippen LogP contribution in [-0.4, -0.2) is 37.9 Å². The van der Waals surface area contributed by atoms with Crippen LogP contribution in [0, 0.1) is 10.1 Å². The quantitative estimate of drug-likeness (QED) is 0.279. The van der Waals surface area contributed by atoms with Crippen molar-refractivity contribution < 1.29 is 19.6 Å². The van der Waals surface area contributed by atoms with Crippen molar-refractivity contribution in [1.82, 2.24) is 9.55 Å². The van der Waals surface area contributed by atoms with Crippen LogP contribution in [0.15, 0.2) is 53.7 Å². The van der Waals surface area contributed by atoms with E-state index < -0.39 is 10.9 Å². The van der Waals surface area contributed by atoms with Gasteiger partial charge in [-0.25, -0.2) is 4.98 Å². The third-order valence-electron chi connectivity index (χ3n) is 3.53. The van der Waals surface area contributed by atoms with Crippen LogP contribution in [0.4, 0.5) is 5.69 Å². The molecule has 9 heteroatoms. The highest BCUT2D eigenvalue weighted by Gasteiger charge is 2.16. The molecule has 3 aromatic rings. The first-order valence-electron chi connectivity index (χ1n) is 7.72. The number of hydrogen-bond donors (Lipinski definition) is 1. The van der Waals surface area contributed by atoms with Gasteiger partial charge < -0.3 is 14.4 Å². The Morgan fingerprint density at radius 2 is 2.04 bits per heavy atom. The number of ether oxygens (including phenoxy) is 1. The summed E-state index contributed by atoms with van der Waals surface area (Å²) in [4.78, 5) is 25.9. The smallest absolute Gasteiger partial charge is 0.323 e. The summed E-state index contributed by atoms with van der Waals surface area (Å²) in [6.45, 7) is 0.154. The second-order valence-corrected chi connectivity index (χ2v) is 6.38. The minimum atomic E-state index is -1.01. The number of imidazole rings is 1. The molecule has 2 aromatic carbocycles. The Morgan fingerprint density at radius 3 is 2.73 bits per heavy atom. The number of nitro groups is 1. The molecule has 0 aliphatic carbocycles. The molecule has 0 fully saturated rings. The number of fused-ring (bicyclic) bond motifs is 1. The van der Waals surface area contributed by atoms with Gasteiger partial charge in [0.15, 0.2) is 5.16 Å². The van der Waals surface area contributed by atoms with E-state index in [0.29, 0.717) is 28.5 Å². The molecule has 1 aromatic heterocycles. The lowest BCUT2D eigenvalue weighted by molar-refractivity contribution is -0.384. The van der Waals surface area contributed by atoms with Crippen LogP contribution in [0.2, 0.25) is 0 Å². The minimum absolute atomic E-state index is 0.0820. The van der Waals surface area contributed by atoms with E-state index in [2.05, 4.69) is 4.98 Å². The van der Waals surface area contributed by atoms with E-state index in [4.69, 9.17) is 9.84 Å². The number of non-ortho nitro benzene ring substituents is 1. The second kappa shape index (κ2) is 7.87. The van der Waals surface area contributed by atoms with Crippen molar-refractivity contribution in [1.29, 1.82) is 0 Å². The molecule has 0 spiro atoms. The van der Waals surface area contributed by atoms with Gasteiger partial charge in [-0.1, -0.05) is 30.0 Å². The highest BCUT2D eigenvalue weighted by atomic mass is 32.2. The Balaban J connectivity index is 1.77. The van der Waals surface area contributed by atoms with Crippen molar-refractivity contribution >= 4 is 34.5 Å². The molecule has 0 amide bonds. The van der Waals surface area contributed by atoms with Gasteiger partial charge in [-0.05, 0) is 18.2 Å². The number of carboxylic acid groups (broad SMARTS) is 1. The van der Waals surface area contributed by atoms with Crippen LogP contribution in [-0.2, 0) is 11.3 Å². The van der Waals surface area contributed by atoms with E-state index in [1.807, 2.05) is 30.3 Å². The highest BCUT2D eigenvalue weighted by molar-refractivity contribution is 7.99. The standard InChI is InChI=1S/C17H15N3O5S/c21-16(22)11-19-15-7-6-12(20(23)24)10-14(15)18-17(19)26-9-8-25-13-4-2-1-3-5-13/h1-7,10H,8-9,11H2,(H,21,22). The van der Waals surface area contributed by atoms with Crippen molar-refractivity contribution in [3.8, 4) is 5.75 Å². The molecule has 0 aliphatic heterocycles. The first kappa shape index (κ1) is 17.7. The number of nitrogens with zero attached hydrogens (tertiary/aromatic N) is 3. The molecule has 0 saturated carbocycles. The maximum atomic E-state index is 11.2. The number of para-hydroxylation sites is 1. The predicted molar refractivity (Wildman–Crippen MR) is 96.7 cm³/mol. The average molecular weight is 373 g/mol. The molecule has 0 radical (unpaired) electrons. The molecule has 8 nitrogen and oxygen atoms in total. The molecule has 1 heterocycles. The molecular formula is C17H15N3O5S. The maximum absolute atomic E-state index is 11.2. The summed E-state index contributed by atoms with van der Waals surface area (Å²) in [6.07, 6.45) is 0. The van der Waals surface area contributed by atoms with Crippen molar-refractivity contribution in [3.05, 3.63) is 58.6 Å². The van der Waals surface area contributed by atoms with Gasteiger partial charge in [-0.3, -0.25) is 14.9 Å². The lowest BCUT2D eigenvalue weighted by Crippen LogP contribution is -2.10. The molecular weight excluding hydrogens is 358 g/mol. The molecule has 26 heavy (non-hydrogen) atoms. The summed E-state index contributed by atoms with van der Waals surface area (Å²) in [5, 5.41) is 20.5. The summed E-state index contributed by atoms with van der Waals surface area (Å²) < 4.78 is 7.15. The number of benzene rings is 2. The fourth-order valence-electron chi connectivity index (χ4n) is 2.42. The largest absolute Gasteiger partial charge is 0.493 e. The van der Waals surface area contributed by atoms with Gasteiger partial charge >= 0.3 is 5.97 Å². The first-order chi connectivity index (χ1) is 12.5. The highest BCUT2D eigenvalue weighted by Crippen LogP contribution is 2.27. The monoisotopic (exact) mass is 373 g/mol. The third-order valence-corrected chi connectivity index (χ3v) is 4.47. The van der Waals surface area contributed by atoms with Gasteiger partial charge in [-0.2, -0.15) is 0 Å². The lowest BCUT2D eigenvalue weighted by Gasteiger charge is -2.07. The topological polar surface area (TPSA) is 107 Å². The minimum Gasteiger partial charge on any atom is -0.493 e. The van der Waals surface area contributed by atoms with Gasteiger partial charge in [-0.15, -0.1) is 0 Å². The Labute approximate surface area is 152 Å². The Hall–Kier alpha value is -3.07. The predicted octanol–water partition coefficient (Wildman–Crippen LogP) is 3.20. The van der Waals surface area contributed by atoms with Crippen LogP contribution >= 0.6 is 11.8 Å². The van der Waals surface area contributed by atoms with Crippen molar-refractivity contribution in [2.24, 2.45) is 0 Å². The van der Waals surface area contributed by atoms with E-state index in [1.165, 1.54) is 34.5 Å². The van der Waals surface area contributed by atoms with Gasteiger partial charge in [0.1, 0.15) is 12.3 Å². The van der Waals surface area contributed by atoms with Crippen LogP contribution < -0.4 is 4.74 Å². The van der Waals surface area contributed by atoms with E-state index >= 15 is 0 Å². The summed E-state index contributed by atoms with van der Waals surface area (Å²) in [5.41, 5.74) is 0.859. The molecule has 0 atom stereocenters. The Bertz CT molecular complexity index is 942. The van der Waals surface area contributed by atoms with Crippen LogP contribution in [0.1, 0.15) is 0 Å². The van der Waals surface area contributed by atoms with E-state index in [0.717, 1.165) is 5.75 Å². The van der Waals surface area contributed by atoms with Gasteiger partial charge in [0.05, 0.1) is 22.6 Å². The summed E-state index contributed by atoms with van der Waals surface area (Å²) >= 11 is 1.34. The van der Waals surface area contributed by atoms with E-state index in [1.54, 1.807) is 0 Å². The van der Waals surface area contributed by atoms with Gasteiger partial charge in [0, 0.05) is 17.9 Å². The molecule has 0 aliphatic rings. The zero-order valence-electron chi connectivity index (χ0n) is 13.6. The van der Waals surface area contributed by atoms with E-state index in [-0.39, 0.29) is 12.2 Å². The fourth-order valence-corrected chi connectivity index (χ4v) is 3.25. The number of nitro benzene ring substituents is 1. The second-order valence-electron chi connectivity index (χ2n) is 5.31. The summed E-state index contributed by atoms with van der Waals surface area (Å²) in [7, 11) is 0. The normalized spacial score (nSPS) is 10.8. The molecule has 134 valence electrons. The molecule has 0 bridgehead atoms. The maximum Gasteiger partial charge on any atom is 0.323 e.